The van der Waals surface area contributed by atoms with Crippen LogP contribution >= 0.6 is 27.5 Å². The maximum absolute atomic E-state index is 14.2. The molecule has 1 unspecified atom stereocenters. The third-order valence-electron chi connectivity index (χ3n) is 3.16. The van der Waals surface area contributed by atoms with Crippen LogP contribution in [0.25, 0.3) is 0 Å². The maximum Gasteiger partial charge on any atom is 0.148 e. The first-order valence-electron chi connectivity index (χ1n) is 5.88. The zero-order chi connectivity index (χ0) is 14.2. The number of hydrogen-bond donors (Lipinski definition) is 1. The molecule has 0 spiro atoms. The normalized spacial score (nSPS) is 12.5. The van der Waals surface area contributed by atoms with Gasteiger partial charge < -0.3 is 5.73 Å². The molecule has 0 radical (unpaired) electrons. The first kappa shape index (κ1) is 14.5. The van der Waals surface area contributed by atoms with Gasteiger partial charge in [0.15, 0.2) is 0 Å². The predicted octanol–water partition coefficient (Wildman–Crippen LogP) is 4.91. The standard InChI is InChI=1S/C15H14BrClFN/c1-8-3-4-10(9(2)7-8)15(19)11-5-6-12(16)13(17)14(11)18/h3-7,15H,19H2,1-2H3. The molecule has 0 amide bonds. The molecule has 0 aliphatic heterocycles. The van der Waals surface area contributed by atoms with E-state index < -0.39 is 11.9 Å². The van der Waals surface area contributed by atoms with Crippen molar-refractivity contribution in [2.24, 2.45) is 5.73 Å². The number of benzene rings is 2. The Balaban J connectivity index is 2.50. The lowest BCUT2D eigenvalue weighted by Gasteiger charge is -2.17. The van der Waals surface area contributed by atoms with Gasteiger partial charge in [-0.25, -0.2) is 4.39 Å². The van der Waals surface area contributed by atoms with Crippen LogP contribution in [0, 0.1) is 19.7 Å². The average molecular weight is 343 g/mol. The Hall–Kier alpha value is -0.900. The second-order valence-electron chi connectivity index (χ2n) is 4.60. The first-order valence-corrected chi connectivity index (χ1v) is 7.05. The molecule has 0 fully saturated rings. The van der Waals surface area contributed by atoms with Gasteiger partial charge >= 0.3 is 0 Å². The van der Waals surface area contributed by atoms with Crippen LogP contribution in [0.15, 0.2) is 34.8 Å². The number of hydrogen-bond acceptors (Lipinski definition) is 1. The highest BCUT2D eigenvalue weighted by Crippen LogP contribution is 2.32. The van der Waals surface area contributed by atoms with E-state index in [1.54, 1.807) is 12.1 Å². The van der Waals surface area contributed by atoms with Crippen molar-refractivity contribution < 1.29 is 4.39 Å². The van der Waals surface area contributed by atoms with Crippen molar-refractivity contribution in [1.82, 2.24) is 0 Å². The lowest BCUT2D eigenvalue weighted by Crippen LogP contribution is -2.15. The average Bonchev–Trinajstić information content (AvgIpc) is 2.35. The van der Waals surface area contributed by atoms with Crippen molar-refractivity contribution in [1.29, 1.82) is 0 Å². The minimum absolute atomic E-state index is 0.0673. The van der Waals surface area contributed by atoms with E-state index in [2.05, 4.69) is 15.9 Å². The van der Waals surface area contributed by atoms with Crippen LogP contribution in [0.5, 0.6) is 0 Å². The molecule has 0 aliphatic carbocycles. The van der Waals surface area contributed by atoms with Gasteiger partial charge in [-0.1, -0.05) is 41.4 Å². The predicted molar refractivity (Wildman–Crippen MR) is 81.1 cm³/mol. The summed E-state index contributed by atoms with van der Waals surface area (Å²) in [5.74, 6) is -0.469. The Bertz CT molecular complexity index is 628. The van der Waals surface area contributed by atoms with Crippen LogP contribution in [-0.2, 0) is 0 Å². The largest absolute Gasteiger partial charge is 0.320 e. The number of aryl methyl sites for hydroxylation is 2. The van der Waals surface area contributed by atoms with Crippen molar-refractivity contribution in [3.63, 3.8) is 0 Å². The van der Waals surface area contributed by atoms with Gasteiger partial charge in [0.2, 0.25) is 0 Å². The van der Waals surface area contributed by atoms with Crippen LogP contribution in [0.4, 0.5) is 4.39 Å². The lowest BCUT2D eigenvalue weighted by atomic mass is 9.94. The first-order chi connectivity index (χ1) is 8.91. The van der Waals surface area contributed by atoms with Gasteiger partial charge in [-0.05, 0) is 47.0 Å². The van der Waals surface area contributed by atoms with Gasteiger partial charge in [-0.3, -0.25) is 0 Å². The molecule has 2 aromatic carbocycles. The Morgan fingerprint density at radius 3 is 2.42 bits per heavy atom. The summed E-state index contributed by atoms with van der Waals surface area (Å²) in [5, 5.41) is 0.0673. The topological polar surface area (TPSA) is 26.0 Å². The Morgan fingerprint density at radius 1 is 1.16 bits per heavy atom. The summed E-state index contributed by atoms with van der Waals surface area (Å²) in [6, 6.07) is 8.80. The van der Waals surface area contributed by atoms with Crippen molar-refractivity contribution in [3.05, 3.63) is 67.9 Å². The third-order valence-corrected chi connectivity index (χ3v) is 4.42. The molecule has 0 saturated heterocycles. The molecule has 1 nitrogen and oxygen atoms in total. The van der Waals surface area contributed by atoms with Crippen molar-refractivity contribution in [2.45, 2.75) is 19.9 Å². The van der Waals surface area contributed by atoms with E-state index in [9.17, 15) is 4.39 Å². The molecule has 100 valence electrons. The van der Waals surface area contributed by atoms with Crippen LogP contribution in [0.1, 0.15) is 28.3 Å². The quantitative estimate of drug-likeness (QED) is 0.771. The van der Waals surface area contributed by atoms with Crippen molar-refractivity contribution >= 4 is 27.5 Å². The van der Waals surface area contributed by atoms with Crippen molar-refractivity contribution in [2.75, 3.05) is 0 Å². The van der Waals surface area contributed by atoms with E-state index in [0.717, 1.165) is 16.7 Å². The zero-order valence-corrected chi connectivity index (χ0v) is 13.0. The van der Waals surface area contributed by atoms with Gasteiger partial charge in [-0.15, -0.1) is 0 Å². The molecule has 2 rings (SSSR count). The van der Waals surface area contributed by atoms with E-state index in [-0.39, 0.29) is 5.02 Å². The summed E-state index contributed by atoms with van der Waals surface area (Å²) in [6.45, 7) is 3.99. The molecule has 2 N–H and O–H groups in total. The van der Waals surface area contributed by atoms with E-state index >= 15 is 0 Å². The number of halogens is 3. The van der Waals surface area contributed by atoms with Gasteiger partial charge in [0.25, 0.3) is 0 Å². The highest BCUT2D eigenvalue weighted by atomic mass is 79.9. The Kier molecular flexibility index (Phi) is 4.29. The molecule has 4 heteroatoms. The van der Waals surface area contributed by atoms with Crippen LogP contribution < -0.4 is 5.73 Å². The third kappa shape index (κ3) is 2.83. The summed E-state index contributed by atoms with van der Waals surface area (Å²) in [4.78, 5) is 0. The van der Waals surface area contributed by atoms with Gasteiger partial charge in [0, 0.05) is 10.0 Å². The second kappa shape index (κ2) is 5.61. The van der Waals surface area contributed by atoms with Crippen molar-refractivity contribution in [3.8, 4) is 0 Å². The van der Waals surface area contributed by atoms with E-state index in [1.807, 2.05) is 32.0 Å². The molecule has 0 heterocycles. The minimum atomic E-state index is -0.522. The summed E-state index contributed by atoms with van der Waals surface area (Å²) in [6.07, 6.45) is 0. The summed E-state index contributed by atoms with van der Waals surface area (Å²) in [5.41, 5.74) is 9.68. The SMILES string of the molecule is Cc1ccc(C(N)c2ccc(Br)c(Cl)c2F)c(C)c1. The monoisotopic (exact) mass is 341 g/mol. The Morgan fingerprint density at radius 2 is 1.79 bits per heavy atom. The molecular weight excluding hydrogens is 329 g/mol. The molecular formula is C15H14BrClFN. The molecule has 0 aliphatic rings. The molecule has 0 bridgehead atoms. The van der Waals surface area contributed by atoms with Crippen LogP contribution in [0.3, 0.4) is 0 Å². The molecule has 0 saturated carbocycles. The van der Waals surface area contributed by atoms with E-state index in [1.165, 1.54) is 0 Å². The summed E-state index contributed by atoms with van der Waals surface area (Å²) >= 11 is 9.10. The Labute approximate surface area is 125 Å². The smallest absolute Gasteiger partial charge is 0.148 e. The fourth-order valence-corrected chi connectivity index (χ4v) is 2.60. The fraction of sp³-hybridized carbons (Fsp3) is 0.200. The van der Waals surface area contributed by atoms with E-state index in [0.29, 0.717) is 10.0 Å². The van der Waals surface area contributed by atoms with Gasteiger partial charge in [0.1, 0.15) is 5.82 Å². The summed E-state index contributed by atoms with van der Waals surface area (Å²) in [7, 11) is 0. The van der Waals surface area contributed by atoms with Crippen LogP contribution in [0.2, 0.25) is 5.02 Å². The molecule has 1 atom stereocenters. The number of nitrogens with two attached hydrogens (primary N) is 1. The number of rotatable bonds is 2. The minimum Gasteiger partial charge on any atom is -0.320 e. The van der Waals surface area contributed by atoms with Gasteiger partial charge in [-0.2, -0.15) is 0 Å². The maximum atomic E-state index is 14.2. The van der Waals surface area contributed by atoms with Crippen LogP contribution in [-0.4, -0.2) is 0 Å². The second-order valence-corrected chi connectivity index (χ2v) is 5.83. The van der Waals surface area contributed by atoms with Gasteiger partial charge in [0.05, 0.1) is 11.1 Å². The molecule has 0 aromatic heterocycles. The zero-order valence-electron chi connectivity index (χ0n) is 10.7. The highest BCUT2D eigenvalue weighted by molar-refractivity contribution is 9.10. The fourth-order valence-electron chi connectivity index (χ4n) is 2.12. The highest BCUT2D eigenvalue weighted by Gasteiger charge is 2.18. The lowest BCUT2D eigenvalue weighted by molar-refractivity contribution is 0.599. The summed E-state index contributed by atoms with van der Waals surface area (Å²) < 4.78 is 14.7. The molecule has 19 heavy (non-hydrogen) atoms. The van der Waals surface area contributed by atoms with E-state index in [4.69, 9.17) is 17.3 Å². The molecule has 2 aromatic rings.